The maximum absolute atomic E-state index is 9.91. The van der Waals surface area contributed by atoms with Gasteiger partial charge in [-0.15, -0.1) is 0 Å². The van der Waals surface area contributed by atoms with Crippen molar-refractivity contribution in [1.82, 2.24) is 0 Å². The third-order valence-electron chi connectivity index (χ3n) is 1.34. The molecule has 1 aliphatic rings. The fourth-order valence-corrected chi connectivity index (χ4v) is 0.841. The van der Waals surface area contributed by atoms with Crippen molar-refractivity contribution in [2.75, 3.05) is 13.2 Å². The van der Waals surface area contributed by atoms with Gasteiger partial charge in [-0.25, -0.2) is 0 Å². The van der Waals surface area contributed by atoms with Crippen molar-refractivity contribution in [2.24, 2.45) is 0 Å². The van der Waals surface area contributed by atoms with Crippen LogP contribution in [0, 0.1) is 0 Å². The predicted molar refractivity (Wildman–Crippen MR) is 35.5 cm³/mol. The lowest BCUT2D eigenvalue weighted by Crippen LogP contribution is -2.21. The third kappa shape index (κ3) is 1.65. The van der Waals surface area contributed by atoms with Gasteiger partial charge in [-0.05, 0) is 19.1 Å². The fraction of sp³-hybridized carbons (Fsp3) is 0.571. The molecule has 0 N–H and O–H groups in total. The highest BCUT2D eigenvalue weighted by Gasteiger charge is 2.26. The van der Waals surface area contributed by atoms with Crippen molar-refractivity contribution in [2.45, 2.75) is 12.7 Å². The second kappa shape index (κ2) is 2.94. The molecular weight excluding hydrogens is 132 g/mol. The van der Waals surface area contributed by atoms with Gasteiger partial charge in [0.25, 0.3) is 0 Å². The second-order valence-electron chi connectivity index (χ2n) is 2.21. The molecule has 0 radical (unpaired) electrons. The van der Waals surface area contributed by atoms with Gasteiger partial charge in [0, 0.05) is 0 Å². The van der Waals surface area contributed by atoms with E-state index in [1.54, 1.807) is 13.0 Å². The molecule has 3 heteroatoms. The van der Waals surface area contributed by atoms with E-state index in [-0.39, 0.29) is 0 Å². The lowest BCUT2D eigenvalue weighted by molar-refractivity contribution is -0.107. The minimum Gasteiger partial charge on any atom is -0.344 e. The summed E-state index contributed by atoms with van der Waals surface area (Å²) < 4.78 is 10.3. The molecule has 0 saturated carbocycles. The van der Waals surface area contributed by atoms with Gasteiger partial charge in [-0.3, -0.25) is 4.79 Å². The van der Waals surface area contributed by atoms with Crippen LogP contribution in [0.1, 0.15) is 6.92 Å². The number of aldehydes is 1. The van der Waals surface area contributed by atoms with Crippen LogP contribution in [-0.2, 0) is 14.3 Å². The molecule has 1 heterocycles. The van der Waals surface area contributed by atoms with Gasteiger partial charge in [0.15, 0.2) is 5.79 Å². The standard InChI is InChI=1S/C7H10O3/c1-7(3-2-4-8)9-5-6-10-7/h2-4H,5-6H2,1H3/b3-2+. The second-order valence-corrected chi connectivity index (χ2v) is 2.21. The Balaban J connectivity index is 2.50. The molecule has 0 atom stereocenters. The van der Waals surface area contributed by atoms with Crippen molar-refractivity contribution >= 4 is 6.29 Å². The Morgan fingerprint density at radius 1 is 1.40 bits per heavy atom. The topological polar surface area (TPSA) is 35.5 Å². The Morgan fingerprint density at radius 3 is 2.50 bits per heavy atom. The van der Waals surface area contributed by atoms with Gasteiger partial charge in [0.2, 0.25) is 0 Å². The zero-order valence-corrected chi connectivity index (χ0v) is 5.87. The van der Waals surface area contributed by atoms with Gasteiger partial charge < -0.3 is 9.47 Å². The van der Waals surface area contributed by atoms with Crippen LogP contribution >= 0.6 is 0 Å². The molecule has 1 aliphatic heterocycles. The highest BCUT2D eigenvalue weighted by molar-refractivity contribution is 5.64. The SMILES string of the molecule is CC1(/C=C/C=O)OCCO1. The zero-order chi connectivity index (χ0) is 7.45. The molecule has 0 amide bonds. The maximum Gasteiger partial charge on any atom is 0.185 e. The molecule has 0 bridgehead atoms. The molecule has 0 spiro atoms. The average Bonchev–Trinajstić information content (AvgIpc) is 2.33. The predicted octanol–water partition coefficient (Wildman–Crippen LogP) is 0.504. The molecule has 0 aromatic carbocycles. The Labute approximate surface area is 59.6 Å². The number of carbonyl (C=O) groups is 1. The molecule has 3 nitrogen and oxygen atoms in total. The van der Waals surface area contributed by atoms with Crippen LogP contribution in [-0.4, -0.2) is 25.3 Å². The molecule has 0 aliphatic carbocycles. The largest absolute Gasteiger partial charge is 0.344 e. The Hall–Kier alpha value is -0.670. The molecule has 10 heavy (non-hydrogen) atoms. The maximum atomic E-state index is 9.91. The van der Waals surface area contributed by atoms with E-state index in [1.807, 2.05) is 0 Å². The van der Waals surface area contributed by atoms with Crippen LogP contribution in [0.3, 0.4) is 0 Å². The number of carbonyl (C=O) groups excluding carboxylic acids is 1. The summed E-state index contributed by atoms with van der Waals surface area (Å²) in [6.07, 6.45) is 3.69. The average molecular weight is 142 g/mol. The summed E-state index contributed by atoms with van der Waals surface area (Å²) >= 11 is 0. The van der Waals surface area contributed by atoms with E-state index in [4.69, 9.17) is 9.47 Å². The van der Waals surface area contributed by atoms with Crippen LogP contribution < -0.4 is 0 Å². The van der Waals surface area contributed by atoms with E-state index in [0.717, 1.165) is 0 Å². The minimum atomic E-state index is -0.666. The van der Waals surface area contributed by atoms with Crippen molar-refractivity contribution in [1.29, 1.82) is 0 Å². The Morgan fingerprint density at radius 2 is 2.00 bits per heavy atom. The van der Waals surface area contributed by atoms with Crippen LogP contribution in [0.5, 0.6) is 0 Å². The molecule has 1 rings (SSSR count). The number of ether oxygens (including phenoxy) is 2. The quantitative estimate of drug-likeness (QED) is 0.416. The lowest BCUT2D eigenvalue weighted by Gasteiger charge is -2.16. The van der Waals surface area contributed by atoms with Crippen molar-refractivity contribution in [3.63, 3.8) is 0 Å². The van der Waals surface area contributed by atoms with Crippen molar-refractivity contribution in [3.8, 4) is 0 Å². The van der Waals surface area contributed by atoms with Crippen LogP contribution in [0.2, 0.25) is 0 Å². The summed E-state index contributed by atoms with van der Waals surface area (Å²) in [6, 6.07) is 0. The molecule has 0 aromatic heterocycles. The summed E-state index contributed by atoms with van der Waals surface area (Å²) in [4.78, 5) is 9.91. The van der Waals surface area contributed by atoms with Crippen molar-refractivity contribution in [3.05, 3.63) is 12.2 Å². The number of hydrogen-bond acceptors (Lipinski definition) is 3. The van der Waals surface area contributed by atoms with Gasteiger partial charge in [-0.2, -0.15) is 0 Å². The van der Waals surface area contributed by atoms with Gasteiger partial charge in [-0.1, -0.05) is 0 Å². The van der Waals surface area contributed by atoms with E-state index in [1.165, 1.54) is 6.08 Å². The molecular formula is C7H10O3. The first-order valence-electron chi connectivity index (χ1n) is 3.18. The fourth-order valence-electron chi connectivity index (χ4n) is 0.841. The van der Waals surface area contributed by atoms with Crippen LogP contribution in [0.25, 0.3) is 0 Å². The van der Waals surface area contributed by atoms with E-state index in [9.17, 15) is 4.79 Å². The first-order chi connectivity index (χ1) is 4.77. The van der Waals surface area contributed by atoms with Gasteiger partial charge in [0.1, 0.15) is 6.29 Å². The van der Waals surface area contributed by atoms with E-state index >= 15 is 0 Å². The molecule has 1 saturated heterocycles. The summed E-state index contributed by atoms with van der Waals surface area (Å²) in [5.41, 5.74) is 0. The summed E-state index contributed by atoms with van der Waals surface area (Å²) in [5, 5.41) is 0. The minimum absolute atomic E-state index is 0.597. The van der Waals surface area contributed by atoms with E-state index < -0.39 is 5.79 Å². The Kier molecular flexibility index (Phi) is 2.19. The van der Waals surface area contributed by atoms with E-state index in [2.05, 4.69) is 0 Å². The van der Waals surface area contributed by atoms with Crippen LogP contribution in [0.4, 0.5) is 0 Å². The van der Waals surface area contributed by atoms with E-state index in [0.29, 0.717) is 19.5 Å². The van der Waals surface area contributed by atoms with Gasteiger partial charge in [0.05, 0.1) is 13.2 Å². The highest BCUT2D eigenvalue weighted by Crippen LogP contribution is 2.19. The first-order valence-corrected chi connectivity index (χ1v) is 3.18. The summed E-state index contributed by atoms with van der Waals surface area (Å²) in [5.74, 6) is -0.666. The summed E-state index contributed by atoms with van der Waals surface area (Å²) in [6.45, 7) is 2.97. The molecule has 56 valence electrons. The van der Waals surface area contributed by atoms with Crippen molar-refractivity contribution < 1.29 is 14.3 Å². The summed E-state index contributed by atoms with van der Waals surface area (Å²) in [7, 11) is 0. The molecule has 0 unspecified atom stereocenters. The first kappa shape index (κ1) is 7.44. The zero-order valence-electron chi connectivity index (χ0n) is 5.87. The number of allylic oxidation sites excluding steroid dienone is 1. The normalized spacial score (nSPS) is 23.7. The molecule has 0 aromatic rings. The van der Waals surface area contributed by atoms with Crippen LogP contribution in [0.15, 0.2) is 12.2 Å². The smallest absolute Gasteiger partial charge is 0.185 e. The monoisotopic (exact) mass is 142 g/mol. The molecule has 1 fully saturated rings. The highest BCUT2D eigenvalue weighted by atomic mass is 16.7. The van der Waals surface area contributed by atoms with Gasteiger partial charge >= 0.3 is 0 Å². The number of rotatable bonds is 2. The lowest BCUT2D eigenvalue weighted by atomic mass is 10.3. The number of hydrogen-bond donors (Lipinski definition) is 0. The Bertz CT molecular complexity index is 145. The third-order valence-corrected chi connectivity index (χ3v) is 1.34.